The van der Waals surface area contributed by atoms with Gasteiger partial charge in [-0.05, 0) is 46.4 Å². The van der Waals surface area contributed by atoms with E-state index in [4.69, 9.17) is 9.47 Å². The number of thioether (sulfide) groups is 1. The molecule has 2 atom stereocenters. The molecular formula is C36H32N2O5S. The maximum absolute atomic E-state index is 14.2. The molecule has 0 saturated carbocycles. The SMILES string of the molecule is COc1ccc(CC2=C(C(=O)OC(c3ccccc3)c3ccccc3)N3C(=O)C(NC(=O)Cc4ccccc4)[C@H]3SC2)cc1. The van der Waals surface area contributed by atoms with Gasteiger partial charge in [0.15, 0.2) is 6.10 Å². The highest BCUT2D eigenvalue weighted by Crippen LogP contribution is 2.42. The lowest BCUT2D eigenvalue weighted by molar-refractivity contribution is -0.154. The minimum Gasteiger partial charge on any atom is -0.497 e. The van der Waals surface area contributed by atoms with Crippen LogP contribution in [0.1, 0.15) is 28.4 Å². The van der Waals surface area contributed by atoms with Crippen molar-refractivity contribution < 1.29 is 23.9 Å². The fraction of sp³-hybridized carbons (Fsp3) is 0.194. The summed E-state index contributed by atoms with van der Waals surface area (Å²) in [7, 11) is 1.62. The number of nitrogens with zero attached hydrogens (tertiary/aromatic N) is 1. The third-order valence-electron chi connectivity index (χ3n) is 7.77. The van der Waals surface area contributed by atoms with E-state index in [1.807, 2.05) is 115 Å². The van der Waals surface area contributed by atoms with Crippen LogP contribution in [0.25, 0.3) is 0 Å². The molecule has 0 bridgehead atoms. The molecule has 0 spiro atoms. The summed E-state index contributed by atoms with van der Waals surface area (Å²) >= 11 is 1.54. The van der Waals surface area contributed by atoms with Crippen molar-refractivity contribution in [2.75, 3.05) is 12.9 Å². The molecule has 1 N–H and O–H groups in total. The van der Waals surface area contributed by atoms with Gasteiger partial charge in [-0.3, -0.25) is 14.5 Å². The maximum atomic E-state index is 14.2. The molecular weight excluding hydrogens is 572 g/mol. The molecule has 8 heteroatoms. The Morgan fingerprint density at radius 2 is 1.43 bits per heavy atom. The number of rotatable bonds is 10. The molecule has 1 fully saturated rings. The summed E-state index contributed by atoms with van der Waals surface area (Å²) in [6, 6.07) is 35.5. The van der Waals surface area contributed by atoms with Crippen LogP contribution in [0.15, 0.2) is 127 Å². The minimum absolute atomic E-state index is 0.172. The Bertz CT molecular complexity index is 1620. The van der Waals surface area contributed by atoms with Crippen LogP contribution in [-0.4, -0.2) is 47.0 Å². The fourth-order valence-corrected chi connectivity index (χ4v) is 6.90. The van der Waals surface area contributed by atoms with Gasteiger partial charge < -0.3 is 14.8 Å². The van der Waals surface area contributed by atoms with Crippen molar-refractivity contribution in [2.24, 2.45) is 0 Å². The zero-order chi connectivity index (χ0) is 30.5. The number of methoxy groups -OCH3 is 1. The van der Waals surface area contributed by atoms with Gasteiger partial charge in [-0.1, -0.05) is 103 Å². The van der Waals surface area contributed by atoms with E-state index in [1.54, 1.807) is 18.9 Å². The first-order chi connectivity index (χ1) is 21.5. The molecule has 2 aliphatic rings. The van der Waals surface area contributed by atoms with Crippen LogP contribution < -0.4 is 10.1 Å². The molecule has 222 valence electrons. The normalized spacial score (nSPS) is 17.5. The van der Waals surface area contributed by atoms with Gasteiger partial charge in [-0.25, -0.2) is 4.79 Å². The van der Waals surface area contributed by atoms with Crippen molar-refractivity contribution in [2.45, 2.75) is 30.4 Å². The minimum atomic E-state index is -0.722. The van der Waals surface area contributed by atoms with E-state index in [0.29, 0.717) is 12.2 Å². The predicted octanol–water partition coefficient (Wildman–Crippen LogP) is 5.47. The Hall–Kier alpha value is -4.82. The van der Waals surface area contributed by atoms with Crippen molar-refractivity contribution in [3.63, 3.8) is 0 Å². The zero-order valence-electron chi connectivity index (χ0n) is 24.2. The Morgan fingerprint density at radius 1 is 0.841 bits per heavy atom. The molecule has 2 aliphatic heterocycles. The molecule has 1 unspecified atom stereocenters. The number of amides is 2. The third-order valence-corrected chi connectivity index (χ3v) is 9.11. The quantitative estimate of drug-likeness (QED) is 0.191. The topological polar surface area (TPSA) is 84.9 Å². The number of hydrogen-bond acceptors (Lipinski definition) is 6. The first-order valence-electron chi connectivity index (χ1n) is 14.5. The molecule has 0 aliphatic carbocycles. The summed E-state index contributed by atoms with van der Waals surface area (Å²) in [4.78, 5) is 42.2. The second-order valence-corrected chi connectivity index (χ2v) is 11.8. The van der Waals surface area contributed by atoms with Crippen LogP contribution in [0.2, 0.25) is 0 Å². The van der Waals surface area contributed by atoms with E-state index >= 15 is 0 Å². The number of hydrogen-bond donors (Lipinski definition) is 1. The molecule has 0 aromatic heterocycles. The monoisotopic (exact) mass is 604 g/mol. The molecule has 4 aromatic carbocycles. The molecule has 0 radical (unpaired) electrons. The van der Waals surface area contributed by atoms with Crippen molar-refractivity contribution in [3.8, 4) is 5.75 Å². The lowest BCUT2D eigenvalue weighted by Gasteiger charge is -2.50. The van der Waals surface area contributed by atoms with Crippen LogP contribution in [0.3, 0.4) is 0 Å². The maximum Gasteiger partial charge on any atom is 0.356 e. The average molecular weight is 605 g/mol. The van der Waals surface area contributed by atoms with E-state index in [1.165, 1.54) is 4.90 Å². The average Bonchev–Trinajstić information content (AvgIpc) is 3.07. The number of ether oxygens (including phenoxy) is 2. The van der Waals surface area contributed by atoms with Gasteiger partial charge in [0.25, 0.3) is 5.91 Å². The van der Waals surface area contributed by atoms with Gasteiger partial charge in [-0.2, -0.15) is 0 Å². The fourth-order valence-electron chi connectivity index (χ4n) is 5.55. The zero-order valence-corrected chi connectivity index (χ0v) is 25.0. The summed E-state index contributed by atoms with van der Waals surface area (Å²) in [6.07, 6.45) is -0.0271. The Kier molecular flexibility index (Phi) is 8.79. The molecule has 7 nitrogen and oxygen atoms in total. The summed E-state index contributed by atoms with van der Waals surface area (Å²) < 4.78 is 11.6. The lowest BCUT2D eigenvalue weighted by Crippen LogP contribution is -2.70. The predicted molar refractivity (Wildman–Crippen MR) is 170 cm³/mol. The number of nitrogens with one attached hydrogen (secondary N) is 1. The number of carbonyl (C=O) groups is 3. The molecule has 1 saturated heterocycles. The van der Waals surface area contributed by atoms with Gasteiger partial charge in [0.1, 0.15) is 22.9 Å². The van der Waals surface area contributed by atoms with E-state index < -0.39 is 23.5 Å². The van der Waals surface area contributed by atoms with E-state index in [0.717, 1.165) is 33.6 Å². The van der Waals surface area contributed by atoms with Crippen LogP contribution in [-0.2, 0) is 32.0 Å². The van der Waals surface area contributed by atoms with Crippen LogP contribution >= 0.6 is 11.8 Å². The van der Waals surface area contributed by atoms with Gasteiger partial charge in [0, 0.05) is 5.75 Å². The molecule has 2 heterocycles. The third kappa shape index (κ3) is 6.26. The number of fused-ring (bicyclic) bond motifs is 1. The van der Waals surface area contributed by atoms with E-state index in [2.05, 4.69) is 5.32 Å². The number of carbonyl (C=O) groups excluding carboxylic acids is 3. The number of esters is 1. The Morgan fingerprint density at radius 3 is 2.02 bits per heavy atom. The largest absolute Gasteiger partial charge is 0.497 e. The van der Waals surface area contributed by atoms with Crippen molar-refractivity contribution >= 4 is 29.5 Å². The Labute approximate surface area is 260 Å². The summed E-state index contributed by atoms with van der Waals surface area (Å²) in [5.41, 5.74) is 4.54. The molecule has 4 aromatic rings. The lowest BCUT2D eigenvalue weighted by atomic mass is 9.98. The smallest absolute Gasteiger partial charge is 0.356 e. The van der Waals surface area contributed by atoms with Crippen molar-refractivity contribution in [1.82, 2.24) is 10.2 Å². The van der Waals surface area contributed by atoms with Crippen LogP contribution in [0.4, 0.5) is 0 Å². The first kappa shape index (κ1) is 29.3. The van der Waals surface area contributed by atoms with Gasteiger partial charge >= 0.3 is 5.97 Å². The highest BCUT2D eigenvalue weighted by molar-refractivity contribution is 8.00. The highest BCUT2D eigenvalue weighted by Gasteiger charge is 2.54. The summed E-state index contributed by atoms with van der Waals surface area (Å²) in [5.74, 6) is 0.121. The molecule has 44 heavy (non-hydrogen) atoms. The van der Waals surface area contributed by atoms with Crippen LogP contribution in [0.5, 0.6) is 5.75 Å². The highest BCUT2D eigenvalue weighted by atomic mass is 32.2. The van der Waals surface area contributed by atoms with Gasteiger partial charge in [0.2, 0.25) is 5.91 Å². The second-order valence-electron chi connectivity index (χ2n) is 10.7. The van der Waals surface area contributed by atoms with Gasteiger partial charge in [-0.15, -0.1) is 11.8 Å². The standard InChI is InChI=1S/C36H32N2O5S/c1-42-29-19-17-25(18-20-29)21-28-23-44-35-31(37-30(39)22-24-11-5-2-6-12-24)34(40)38(35)32(28)36(41)43-33(26-13-7-3-8-14-26)27-15-9-4-10-16-27/h2-20,31,33,35H,21-23H2,1H3,(H,37,39)/t31?,35-/m1/s1. The van der Waals surface area contributed by atoms with Gasteiger partial charge in [0.05, 0.1) is 13.5 Å². The summed E-state index contributed by atoms with van der Waals surface area (Å²) in [6.45, 7) is 0. The van der Waals surface area contributed by atoms with E-state index in [-0.39, 0.29) is 23.9 Å². The molecule has 2 amide bonds. The summed E-state index contributed by atoms with van der Waals surface area (Å²) in [5, 5.41) is 2.50. The second kappa shape index (κ2) is 13.2. The number of β-lactam (4-membered cyclic amide) rings is 1. The first-order valence-corrected chi connectivity index (χ1v) is 15.5. The van der Waals surface area contributed by atoms with E-state index in [9.17, 15) is 14.4 Å². The van der Waals surface area contributed by atoms with Crippen molar-refractivity contribution in [1.29, 1.82) is 0 Å². The van der Waals surface area contributed by atoms with Crippen molar-refractivity contribution in [3.05, 3.63) is 149 Å². The molecule has 6 rings (SSSR count). The number of benzene rings is 4. The Balaban J connectivity index is 1.29. The van der Waals surface area contributed by atoms with Crippen LogP contribution in [0, 0.1) is 0 Å².